The number of hydrogen-bond donors (Lipinski definition) is 2. The maximum Gasteiger partial charge on any atom is 0.231 e. The standard InChI is InChI=1S/C18H20ClN5O/c1-18(2,3)15-11-16(22-21-15)20-17(25)10-13-7-8-24(23-13)14-6-4-5-12(19)9-14/h4-9,11H,10H2,1-3H3,(H2,20,21,22,25). The van der Waals surface area contributed by atoms with E-state index in [4.69, 9.17) is 11.6 Å². The Kier molecular flexibility index (Phi) is 4.63. The molecule has 0 aliphatic rings. The second kappa shape index (κ2) is 6.72. The van der Waals surface area contributed by atoms with Crippen LogP contribution in [0.25, 0.3) is 5.69 Å². The number of nitrogens with zero attached hydrogens (tertiary/aromatic N) is 3. The predicted octanol–water partition coefficient (Wildman–Crippen LogP) is 3.73. The third-order valence-corrected chi connectivity index (χ3v) is 3.95. The fourth-order valence-electron chi connectivity index (χ4n) is 2.34. The van der Waals surface area contributed by atoms with Crippen molar-refractivity contribution in [2.24, 2.45) is 0 Å². The highest BCUT2D eigenvalue weighted by atomic mass is 35.5. The molecule has 7 heteroatoms. The van der Waals surface area contributed by atoms with Crippen LogP contribution in [0.4, 0.5) is 5.82 Å². The van der Waals surface area contributed by atoms with Gasteiger partial charge in [-0.15, -0.1) is 0 Å². The zero-order valence-corrected chi connectivity index (χ0v) is 15.1. The number of carbonyl (C=O) groups is 1. The minimum atomic E-state index is -0.164. The number of aromatic amines is 1. The molecule has 6 nitrogen and oxygen atoms in total. The molecule has 0 aliphatic carbocycles. The van der Waals surface area contributed by atoms with Crippen LogP contribution in [0.1, 0.15) is 32.2 Å². The summed E-state index contributed by atoms with van der Waals surface area (Å²) in [5.41, 5.74) is 2.43. The Morgan fingerprint density at radius 3 is 2.76 bits per heavy atom. The van der Waals surface area contributed by atoms with Gasteiger partial charge in [0.2, 0.25) is 5.91 Å². The van der Waals surface area contributed by atoms with Crippen molar-refractivity contribution in [3.8, 4) is 5.69 Å². The van der Waals surface area contributed by atoms with Crippen LogP contribution in [0.3, 0.4) is 0 Å². The quantitative estimate of drug-likeness (QED) is 0.747. The minimum Gasteiger partial charge on any atom is -0.309 e. The molecule has 130 valence electrons. The first-order valence-electron chi connectivity index (χ1n) is 7.97. The molecular weight excluding hydrogens is 338 g/mol. The molecule has 0 aliphatic heterocycles. The molecule has 25 heavy (non-hydrogen) atoms. The second-order valence-corrected chi connectivity index (χ2v) is 7.31. The van der Waals surface area contributed by atoms with Gasteiger partial charge in [-0.25, -0.2) is 4.68 Å². The molecule has 1 amide bonds. The van der Waals surface area contributed by atoms with Crippen molar-refractivity contribution >= 4 is 23.3 Å². The molecule has 0 bridgehead atoms. The van der Waals surface area contributed by atoms with Crippen LogP contribution >= 0.6 is 11.6 Å². The maximum atomic E-state index is 12.2. The van der Waals surface area contributed by atoms with E-state index in [2.05, 4.69) is 41.4 Å². The monoisotopic (exact) mass is 357 g/mol. The molecule has 3 aromatic rings. The lowest BCUT2D eigenvalue weighted by Gasteiger charge is -2.14. The van der Waals surface area contributed by atoms with Gasteiger partial charge in [0.15, 0.2) is 5.82 Å². The minimum absolute atomic E-state index is 0.0499. The van der Waals surface area contributed by atoms with Gasteiger partial charge in [-0.05, 0) is 24.3 Å². The SMILES string of the molecule is CC(C)(C)c1cc(NC(=O)Cc2ccn(-c3cccc(Cl)c3)n2)n[nH]1. The molecule has 0 fully saturated rings. The van der Waals surface area contributed by atoms with Crippen molar-refractivity contribution in [2.75, 3.05) is 5.32 Å². The van der Waals surface area contributed by atoms with Crippen LogP contribution in [-0.4, -0.2) is 25.9 Å². The van der Waals surface area contributed by atoms with E-state index < -0.39 is 0 Å². The Bertz CT molecular complexity index is 891. The van der Waals surface area contributed by atoms with Crippen molar-refractivity contribution < 1.29 is 4.79 Å². The Labute approximate surface area is 151 Å². The summed E-state index contributed by atoms with van der Waals surface area (Å²) in [7, 11) is 0. The number of nitrogens with one attached hydrogen (secondary N) is 2. The first-order chi connectivity index (χ1) is 11.8. The molecule has 0 unspecified atom stereocenters. The summed E-state index contributed by atoms with van der Waals surface area (Å²) >= 11 is 5.99. The fraction of sp³-hybridized carbons (Fsp3) is 0.278. The van der Waals surface area contributed by atoms with Gasteiger partial charge < -0.3 is 5.32 Å². The zero-order valence-electron chi connectivity index (χ0n) is 14.4. The second-order valence-electron chi connectivity index (χ2n) is 6.87. The van der Waals surface area contributed by atoms with Crippen molar-refractivity contribution in [1.29, 1.82) is 0 Å². The van der Waals surface area contributed by atoms with Crippen LogP contribution in [0, 0.1) is 0 Å². The molecule has 2 aromatic heterocycles. The van der Waals surface area contributed by atoms with Gasteiger partial charge in [0.25, 0.3) is 0 Å². The number of anilines is 1. The number of hydrogen-bond acceptors (Lipinski definition) is 3. The van der Waals surface area contributed by atoms with E-state index in [1.807, 2.05) is 30.3 Å². The molecule has 3 rings (SSSR count). The highest BCUT2D eigenvalue weighted by molar-refractivity contribution is 6.30. The lowest BCUT2D eigenvalue weighted by atomic mass is 9.92. The van der Waals surface area contributed by atoms with Crippen molar-refractivity contribution in [1.82, 2.24) is 20.0 Å². The Morgan fingerprint density at radius 2 is 2.08 bits per heavy atom. The number of aromatic nitrogens is 4. The first-order valence-corrected chi connectivity index (χ1v) is 8.35. The van der Waals surface area contributed by atoms with E-state index in [0.717, 1.165) is 11.4 Å². The van der Waals surface area contributed by atoms with Crippen molar-refractivity contribution in [3.05, 3.63) is 59.0 Å². The van der Waals surface area contributed by atoms with Crippen LogP contribution < -0.4 is 5.32 Å². The van der Waals surface area contributed by atoms with E-state index in [0.29, 0.717) is 16.5 Å². The zero-order chi connectivity index (χ0) is 18.0. The Hall–Kier alpha value is -2.60. The Morgan fingerprint density at radius 1 is 1.28 bits per heavy atom. The normalized spacial score (nSPS) is 11.5. The lowest BCUT2D eigenvalue weighted by molar-refractivity contribution is -0.115. The predicted molar refractivity (Wildman–Crippen MR) is 98.2 cm³/mol. The Balaban J connectivity index is 1.65. The number of rotatable bonds is 4. The molecule has 0 radical (unpaired) electrons. The number of benzene rings is 1. The van der Waals surface area contributed by atoms with E-state index >= 15 is 0 Å². The van der Waals surface area contributed by atoms with Gasteiger partial charge in [0.05, 0.1) is 17.8 Å². The molecule has 1 aromatic carbocycles. The van der Waals surface area contributed by atoms with E-state index in [1.54, 1.807) is 16.9 Å². The molecule has 0 saturated heterocycles. The molecule has 0 saturated carbocycles. The summed E-state index contributed by atoms with van der Waals surface area (Å²) in [4.78, 5) is 12.2. The lowest BCUT2D eigenvalue weighted by Crippen LogP contribution is -2.15. The molecule has 2 heterocycles. The molecular formula is C18H20ClN5O. The van der Waals surface area contributed by atoms with Crippen molar-refractivity contribution in [3.63, 3.8) is 0 Å². The summed E-state index contributed by atoms with van der Waals surface area (Å²) in [5, 5.41) is 14.9. The molecule has 2 N–H and O–H groups in total. The maximum absolute atomic E-state index is 12.2. The van der Waals surface area contributed by atoms with Gasteiger partial charge in [-0.1, -0.05) is 38.4 Å². The summed E-state index contributed by atoms with van der Waals surface area (Å²) < 4.78 is 1.70. The topological polar surface area (TPSA) is 75.6 Å². The highest BCUT2D eigenvalue weighted by Gasteiger charge is 2.17. The fourth-order valence-corrected chi connectivity index (χ4v) is 2.52. The van der Waals surface area contributed by atoms with Gasteiger partial charge in [-0.3, -0.25) is 9.89 Å². The van der Waals surface area contributed by atoms with Gasteiger partial charge in [0.1, 0.15) is 0 Å². The van der Waals surface area contributed by atoms with Crippen LogP contribution in [0.15, 0.2) is 42.6 Å². The third kappa shape index (κ3) is 4.28. The van der Waals surface area contributed by atoms with Gasteiger partial charge in [-0.2, -0.15) is 10.2 Å². The van der Waals surface area contributed by atoms with Crippen LogP contribution in [0.5, 0.6) is 0 Å². The number of amides is 1. The van der Waals surface area contributed by atoms with Crippen molar-refractivity contribution in [2.45, 2.75) is 32.6 Å². The third-order valence-electron chi connectivity index (χ3n) is 3.71. The van der Waals surface area contributed by atoms with E-state index in [1.165, 1.54) is 0 Å². The number of carbonyl (C=O) groups excluding carboxylic acids is 1. The number of H-pyrrole nitrogens is 1. The first kappa shape index (κ1) is 17.2. The summed E-state index contributed by atoms with van der Waals surface area (Å²) in [6, 6.07) is 11.0. The van der Waals surface area contributed by atoms with Gasteiger partial charge in [0, 0.05) is 28.4 Å². The highest BCUT2D eigenvalue weighted by Crippen LogP contribution is 2.22. The molecule has 0 atom stereocenters. The smallest absolute Gasteiger partial charge is 0.231 e. The number of halogens is 1. The van der Waals surface area contributed by atoms with E-state index in [-0.39, 0.29) is 17.7 Å². The largest absolute Gasteiger partial charge is 0.309 e. The van der Waals surface area contributed by atoms with Crippen LogP contribution in [-0.2, 0) is 16.6 Å². The summed E-state index contributed by atoms with van der Waals surface area (Å²) in [6.45, 7) is 6.23. The summed E-state index contributed by atoms with van der Waals surface area (Å²) in [5.74, 6) is 0.354. The summed E-state index contributed by atoms with van der Waals surface area (Å²) in [6.07, 6.45) is 1.98. The molecule has 0 spiro atoms. The average molecular weight is 358 g/mol. The van der Waals surface area contributed by atoms with Crippen LogP contribution in [0.2, 0.25) is 5.02 Å². The average Bonchev–Trinajstić information content (AvgIpc) is 3.16. The van der Waals surface area contributed by atoms with E-state index in [9.17, 15) is 4.79 Å². The van der Waals surface area contributed by atoms with Gasteiger partial charge >= 0.3 is 0 Å².